The Labute approximate surface area is 116 Å². The average molecular weight is 272 g/mol. The summed E-state index contributed by atoms with van der Waals surface area (Å²) in [5.74, 6) is 0.453. The minimum Gasteiger partial charge on any atom is -0.444 e. The molecule has 1 aliphatic rings. The van der Waals surface area contributed by atoms with Crippen LogP contribution >= 0.6 is 0 Å². The normalized spacial score (nSPS) is 25.5. The van der Waals surface area contributed by atoms with Crippen LogP contribution in [0.2, 0.25) is 0 Å². The number of ether oxygens (including phenoxy) is 1. The molecule has 3 atom stereocenters. The Bertz CT molecular complexity index is 300. The topological polar surface area (TPSA) is 61.8 Å². The van der Waals surface area contributed by atoms with Crippen molar-refractivity contribution >= 4 is 6.09 Å². The Morgan fingerprint density at radius 1 is 1.53 bits per heavy atom. The van der Waals surface area contributed by atoms with E-state index in [-0.39, 0.29) is 18.2 Å². The van der Waals surface area contributed by atoms with Gasteiger partial charge in [0.15, 0.2) is 0 Å². The zero-order chi connectivity index (χ0) is 14.6. The van der Waals surface area contributed by atoms with Crippen LogP contribution in [0.15, 0.2) is 0 Å². The number of hydrogen-bond donors (Lipinski definition) is 2. The first-order chi connectivity index (χ1) is 8.70. The molecule has 0 aromatic heterocycles. The van der Waals surface area contributed by atoms with Crippen molar-refractivity contribution in [3.63, 3.8) is 0 Å². The van der Waals surface area contributed by atoms with E-state index in [0.29, 0.717) is 19.0 Å². The van der Waals surface area contributed by atoms with Crippen LogP contribution in [0.4, 0.5) is 4.79 Å². The number of nitrogens with one attached hydrogen (secondary N) is 1. The lowest BCUT2D eigenvalue weighted by Crippen LogP contribution is -2.46. The van der Waals surface area contributed by atoms with Gasteiger partial charge in [-0.05, 0) is 40.0 Å². The van der Waals surface area contributed by atoms with Crippen molar-refractivity contribution in [2.75, 3.05) is 19.6 Å². The Morgan fingerprint density at radius 3 is 2.68 bits per heavy atom. The van der Waals surface area contributed by atoms with E-state index >= 15 is 0 Å². The number of aliphatic hydroxyl groups excluding tert-OH is 1. The van der Waals surface area contributed by atoms with E-state index in [0.717, 1.165) is 13.0 Å². The van der Waals surface area contributed by atoms with Crippen LogP contribution in [0.25, 0.3) is 0 Å². The second-order valence-corrected chi connectivity index (χ2v) is 6.51. The van der Waals surface area contributed by atoms with Crippen LogP contribution < -0.4 is 5.32 Å². The van der Waals surface area contributed by atoms with Gasteiger partial charge in [0.1, 0.15) is 5.60 Å². The molecule has 2 unspecified atom stereocenters. The maximum atomic E-state index is 12.1. The first-order valence-corrected chi connectivity index (χ1v) is 7.09. The van der Waals surface area contributed by atoms with Gasteiger partial charge in [-0.3, -0.25) is 0 Å². The van der Waals surface area contributed by atoms with Crippen LogP contribution in [-0.2, 0) is 4.74 Å². The van der Waals surface area contributed by atoms with Gasteiger partial charge in [-0.15, -0.1) is 0 Å². The number of likely N-dealkylation sites (tertiary alicyclic amines) is 1. The van der Waals surface area contributed by atoms with Gasteiger partial charge in [0, 0.05) is 19.6 Å². The zero-order valence-corrected chi connectivity index (χ0v) is 12.8. The summed E-state index contributed by atoms with van der Waals surface area (Å²) >= 11 is 0. The Hall–Kier alpha value is -0.810. The fourth-order valence-corrected chi connectivity index (χ4v) is 2.31. The molecule has 1 heterocycles. The molecule has 5 nitrogen and oxygen atoms in total. The van der Waals surface area contributed by atoms with Crippen molar-refractivity contribution in [1.82, 2.24) is 10.2 Å². The average Bonchev–Trinajstić information content (AvgIpc) is 2.57. The maximum absolute atomic E-state index is 12.1. The highest BCUT2D eigenvalue weighted by Gasteiger charge is 2.36. The molecule has 0 saturated carbocycles. The minimum absolute atomic E-state index is 0.147. The van der Waals surface area contributed by atoms with Gasteiger partial charge >= 0.3 is 6.09 Å². The predicted molar refractivity (Wildman–Crippen MR) is 75.1 cm³/mol. The number of amides is 1. The number of nitrogens with zero attached hydrogens (tertiary/aromatic N) is 1. The van der Waals surface area contributed by atoms with Gasteiger partial charge in [0.25, 0.3) is 0 Å². The van der Waals surface area contributed by atoms with Gasteiger partial charge in [-0.2, -0.15) is 0 Å². The third-order valence-electron chi connectivity index (χ3n) is 3.30. The van der Waals surface area contributed by atoms with Crippen molar-refractivity contribution < 1.29 is 14.6 Å². The van der Waals surface area contributed by atoms with Crippen molar-refractivity contribution in [3.05, 3.63) is 0 Å². The molecule has 1 fully saturated rings. The van der Waals surface area contributed by atoms with E-state index in [1.165, 1.54) is 0 Å². The second kappa shape index (κ2) is 6.57. The summed E-state index contributed by atoms with van der Waals surface area (Å²) in [5.41, 5.74) is -0.458. The molecule has 0 aromatic carbocycles. The Kier molecular flexibility index (Phi) is 5.62. The fourth-order valence-electron chi connectivity index (χ4n) is 2.31. The largest absolute Gasteiger partial charge is 0.444 e. The number of rotatable bonds is 4. The highest BCUT2D eigenvalue weighted by atomic mass is 16.6. The number of carbonyl (C=O) groups is 1. The van der Waals surface area contributed by atoms with Crippen molar-refractivity contribution in [2.45, 2.75) is 58.8 Å². The van der Waals surface area contributed by atoms with Crippen molar-refractivity contribution in [2.24, 2.45) is 5.92 Å². The van der Waals surface area contributed by atoms with Crippen molar-refractivity contribution in [3.8, 4) is 0 Å². The highest BCUT2D eigenvalue weighted by Crippen LogP contribution is 2.25. The van der Waals surface area contributed by atoms with Gasteiger partial charge < -0.3 is 20.1 Å². The van der Waals surface area contributed by atoms with Gasteiger partial charge in [0.05, 0.1) is 12.1 Å². The van der Waals surface area contributed by atoms with Crippen LogP contribution in [0, 0.1) is 5.92 Å². The van der Waals surface area contributed by atoms with Gasteiger partial charge in [-0.25, -0.2) is 4.79 Å². The lowest BCUT2D eigenvalue weighted by Gasteiger charge is -2.30. The molecule has 2 N–H and O–H groups in total. The van der Waals surface area contributed by atoms with Gasteiger partial charge in [0.2, 0.25) is 0 Å². The minimum atomic E-state index is -0.458. The van der Waals surface area contributed by atoms with E-state index in [1.807, 2.05) is 25.7 Å². The molecule has 1 amide bonds. The Balaban J connectivity index is 2.53. The summed E-state index contributed by atoms with van der Waals surface area (Å²) in [4.78, 5) is 14.0. The SMILES string of the molecule is CC1CCN(C(=O)OC(C)(C)C)C1CNC[C@@H](C)O. The summed E-state index contributed by atoms with van der Waals surface area (Å²) in [7, 11) is 0. The third-order valence-corrected chi connectivity index (χ3v) is 3.30. The van der Waals surface area contributed by atoms with Crippen LogP contribution in [0.5, 0.6) is 0 Å². The van der Waals surface area contributed by atoms with E-state index in [4.69, 9.17) is 4.74 Å². The molecular formula is C14H28N2O3. The molecule has 1 saturated heterocycles. The molecule has 19 heavy (non-hydrogen) atoms. The molecule has 5 heteroatoms. The van der Waals surface area contributed by atoms with E-state index in [9.17, 15) is 9.90 Å². The smallest absolute Gasteiger partial charge is 0.410 e. The first kappa shape index (κ1) is 16.2. The lowest BCUT2D eigenvalue weighted by atomic mass is 10.0. The van der Waals surface area contributed by atoms with Crippen LogP contribution in [0.3, 0.4) is 0 Å². The second-order valence-electron chi connectivity index (χ2n) is 6.51. The molecule has 0 radical (unpaired) electrons. The van der Waals surface area contributed by atoms with Crippen LogP contribution in [0.1, 0.15) is 41.0 Å². The molecule has 1 rings (SSSR count). The lowest BCUT2D eigenvalue weighted by molar-refractivity contribution is 0.0209. The number of aliphatic hydroxyl groups is 1. The monoisotopic (exact) mass is 272 g/mol. The van der Waals surface area contributed by atoms with E-state index in [2.05, 4.69) is 12.2 Å². The summed E-state index contributed by atoms with van der Waals surface area (Å²) in [6.07, 6.45) is 0.396. The van der Waals surface area contributed by atoms with E-state index in [1.54, 1.807) is 6.92 Å². The highest BCUT2D eigenvalue weighted by molar-refractivity contribution is 5.69. The molecule has 0 spiro atoms. The maximum Gasteiger partial charge on any atom is 0.410 e. The summed E-state index contributed by atoms with van der Waals surface area (Å²) < 4.78 is 5.44. The molecule has 1 aliphatic heterocycles. The molecule has 0 aliphatic carbocycles. The molecule has 112 valence electrons. The number of carbonyl (C=O) groups excluding carboxylic acids is 1. The molecule has 0 aromatic rings. The van der Waals surface area contributed by atoms with Crippen molar-refractivity contribution in [1.29, 1.82) is 0 Å². The first-order valence-electron chi connectivity index (χ1n) is 7.09. The fraction of sp³-hybridized carbons (Fsp3) is 0.929. The van der Waals surface area contributed by atoms with Gasteiger partial charge in [-0.1, -0.05) is 6.92 Å². The number of hydrogen-bond acceptors (Lipinski definition) is 4. The summed E-state index contributed by atoms with van der Waals surface area (Å²) in [5, 5.41) is 12.5. The third kappa shape index (κ3) is 5.37. The van der Waals surface area contributed by atoms with E-state index < -0.39 is 5.60 Å². The summed E-state index contributed by atoms with van der Waals surface area (Å²) in [6, 6.07) is 0.147. The quantitative estimate of drug-likeness (QED) is 0.816. The zero-order valence-electron chi connectivity index (χ0n) is 12.8. The standard InChI is InChI=1S/C14H28N2O3/c1-10-6-7-16(13(18)19-14(3,4)5)12(10)9-15-8-11(2)17/h10-12,15,17H,6-9H2,1-5H3/t10?,11-,12?/m1/s1. The van der Waals surface area contributed by atoms with Crippen LogP contribution in [-0.4, -0.2) is 53.5 Å². The Morgan fingerprint density at radius 2 is 2.16 bits per heavy atom. The molecule has 0 bridgehead atoms. The predicted octanol–water partition coefficient (Wildman–Crippen LogP) is 1.60. The summed E-state index contributed by atoms with van der Waals surface area (Å²) in [6.45, 7) is 11.5. The molecular weight excluding hydrogens is 244 g/mol.